The fourth-order valence-corrected chi connectivity index (χ4v) is 5.33. The van der Waals surface area contributed by atoms with Crippen LogP contribution in [-0.2, 0) is 20.8 Å². The highest BCUT2D eigenvalue weighted by atomic mass is 16.2. The van der Waals surface area contributed by atoms with E-state index in [4.69, 9.17) is 17.2 Å². The van der Waals surface area contributed by atoms with E-state index in [2.05, 4.69) is 27.4 Å². The smallest absolute Gasteiger partial charge is 0.238 e. The Balaban J connectivity index is 1.50. The van der Waals surface area contributed by atoms with Crippen LogP contribution in [0.3, 0.4) is 0 Å². The molecule has 10 nitrogen and oxygen atoms in total. The van der Waals surface area contributed by atoms with Gasteiger partial charge in [0.1, 0.15) is 0 Å². The number of likely N-dealkylation sites (N-methyl/N-ethyl adjacent to an activating group) is 1. The van der Waals surface area contributed by atoms with Crippen molar-refractivity contribution in [3.05, 3.63) is 78.2 Å². The maximum absolute atomic E-state index is 13.7. The van der Waals surface area contributed by atoms with Crippen molar-refractivity contribution in [1.82, 2.24) is 20.1 Å². The molecule has 1 aliphatic heterocycles. The van der Waals surface area contributed by atoms with Crippen LogP contribution in [-0.4, -0.2) is 83.7 Å². The van der Waals surface area contributed by atoms with Crippen LogP contribution in [0.25, 0.3) is 10.9 Å². The molecule has 4 rings (SSSR count). The quantitative estimate of drug-likeness (QED) is 0.285. The molecule has 0 saturated heterocycles. The molecule has 0 saturated carbocycles. The van der Waals surface area contributed by atoms with Gasteiger partial charge in [0, 0.05) is 57.1 Å². The van der Waals surface area contributed by atoms with Crippen molar-refractivity contribution in [2.24, 2.45) is 23.1 Å². The summed E-state index contributed by atoms with van der Waals surface area (Å²) >= 11 is 0. The number of hydrogen-bond acceptors (Lipinski definition) is 8. The molecular weight excluding hydrogens is 506 g/mol. The van der Waals surface area contributed by atoms with Gasteiger partial charge in [-0.25, -0.2) is 0 Å². The van der Waals surface area contributed by atoms with E-state index < -0.39 is 18.0 Å². The predicted octanol–water partition coefficient (Wildman–Crippen LogP) is 0.625. The molecule has 2 heterocycles. The number of Topliss-reactive ketones (excluding diaryl/α,β-unsaturated/α-hetero) is 1. The van der Waals surface area contributed by atoms with Crippen molar-refractivity contribution in [1.29, 1.82) is 0 Å². The molecule has 212 valence electrons. The van der Waals surface area contributed by atoms with Crippen LogP contribution in [0.1, 0.15) is 18.4 Å². The minimum atomic E-state index is -1.12. The number of para-hydroxylation sites is 1. The summed E-state index contributed by atoms with van der Waals surface area (Å²) in [4.78, 5) is 47.7. The largest absolute Gasteiger partial charge is 0.373 e. The Kier molecular flexibility index (Phi) is 9.81. The van der Waals surface area contributed by atoms with Gasteiger partial charge in [-0.2, -0.15) is 0 Å². The molecule has 2 amide bonds. The second kappa shape index (κ2) is 13.5. The minimum absolute atomic E-state index is 0.102. The van der Waals surface area contributed by atoms with Gasteiger partial charge >= 0.3 is 0 Å². The van der Waals surface area contributed by atoms with Crippen molar-refractivity contribution in [3.8, 4) is 0 Å². The number of amides is 2. The molecule has 2 aromatic rings. The monoisotopic (exact) mass is 545 g/mol. The lowest BCUT2D eigenvalue weighted by molar-refractivity contribution is -0.134. The van der Waals surface area contributed by atoms with Gasteiger partial charge in [0.25, 0.3) is 0 Å². The molecule has 1 aromatic heterocycles. The van der Waals surface area contributed by atoms with E-state index in [-0.39, 0.29) is 49.6 Å². The summed E-state index contributed by atoms with van der Waals surface area (Å²) in [6.45, 7) is 1.22. The number of rotatable bonds is 13. The molecular formula is C30H39N7O3. The molecule has 1 aromatic carbocycles. The number of nitrogens with two attached hydrogens (primary N) is 3. The van der Waals surface area contributed by atoms with E-state index in [0.29, 0.717) is 19.5 Å². The molecule has 1 aliphatic carbocycles. The highest BCUT2D eigenvalue weighted by Crippen LogP contribution is 2.34. The normalized spacial score (nSPS) is 19.2. The van der Waals surface area contributed by atoms with E-state index in [9.17, 15) is 14.4 Å². The first-order valence-corrected chi connectivity index (χ1v) is 13.7. The highest BCUT2D eigenvalue weighted by molar-refractivity contribution is 5.94. The summed E-state index contributed by atoms with van der Waals surface area (Å²) in [5.74, 6) is -0.891. The van der Waals surface area contributed by atoms with E-state index in [1.54, 1.807) is 6.20 Å². The number of ketones is 1. The first-order chi connectivity index (χ1) is 19.3. The Hall–Kier alpha value is -3.86. The second-order valence-corrected chi connectivity index (χ2v) is 10.4. The Morgan fingerprint density at radius 2 is 1.82 bits per heavy atom. The van der Waals surface area contributed by atoms with Gasteiger partial charge < -0.3 is 32.3 Å². The van der Waals surface area contributed by atoms with Crippen molar-refractivity contribution < 1.29 is 14.4 Å². The summed E-state index contributed by atoms with van der Waals surface area (Å²) in [6.07, 6.45) is 12.2. The van der Waals surface area contributed by atoms with Gasteiger partial charge in [0.05, 0.1) is 30.1 Å². The van der Waals surface area contributed by atoms with Crippen molar-refractivity contribution in [3.63, 3.8) is 0 Å². The lowest BCUT2D eigenvalue weighted by Gasteiger charge is -2.26. The summed E-state index contributed by atoms with van der Waals surface area (Å²) in [7, 11) is 2.00. The van der Waals surface area contributed by atoms with Crippen LogP contribution in [0, 0.1) is 5.92 Å². The fourth-order valence-electron chi connectivity index (χ4n) is 5.33. The number of carbonyl (C=O) groups excluding carboxylic acids is 3. The average molecular weight is 546 g/mol. The zero-order valence-electron chi connectivity index (χ0n) is 22.9. The zero-order chi connectivity index (χ0) is 28.6. The first kappa shape index (κ1) is 29.1. The number of nitrogens with one attached hydrogen (secondary N) is 1. The molecule has 4 atom stereocenters. The molecule has 2 unspecified atom stereocenters. The summed E-state index contributed by atoms with van der Waals surface area (Å²) in [5, 5.41) is 3.80. The maximum Gasteiger partial charge on any atom is 0.238 e. The van der Waals surface area contributed by atoms with Gasteiger partial charge in [-0.05, 0) is 35.9 Å². The fraction of sp³-hybridized carbons (Fsp3) is 0.400. The van der Waals surface area contributed by atoms with Gasteiger partial charge in [-0.3, -0.25) is 19.4 Å². The van der Waals surface area contributed by atoms with Crippen molar-refractivity contribution in [2.75, 3.05) is 33.2 Å². The summed E-state index contributed by atoms with van der Waals surface area (Å²) in [5.41, 5.74) is 20.0. The molecule has 0 bridgehead atoms. The Morgan fingerprint density at radius 1 is 1.10 bits per heavy atom. The maximum atomic E-state index is 13.7. The van der Waals surface area contributed by atoms with Crippen LogP contribution < -0.4 is 22.5 Å². The highest BCUT2D eigenvalue weighted by Gasteiger charge is 2.34. The lowest BCUT2D eigenvalue weighted by Crippen LogP contribution is -2.51. The van der Waals surface area contributed by atoms with Crippen molar-refractivity contribution in [2.45, 2.75) is 37.4 Å². The Bertz CT molecular complexity index is 1320. The number of allylic oxidation sites excluding steroid dienone is 2. The van der Waals surface area contributed by atoms with Crippen LogP contribution >= 0.6 is 0 Å². The first-order valence-electron chi connectivity index (χ1n) is 13.7. The van der Waals surface area contributed by atoms with Crippen molar-refractivity contribution >= 4 is 28.5 Å². The number of aromatic nitrogens is 1. The van der Waals surface area contributed by atoms with Gasteiger partial charge in [0.15, 0.2) is 5.78 Å². The number of pyridine rings is 1. The van der Waals surface area contributed by atoms with Gasteiger partial charge in [-0.15, -0.1) is 0 Å². The van der Waals surface area contributed by atoms with Crippen LogP contribution in [0.2, 0.25) is 0 Å². The number of hydrogen-bond donors (Lipinski definition) is 4. The van der Waals surface area contributed by atoms with E-state index in [0.717, 1.165) is 22.0 Å². The summed E-state index contributed by atoms with van der Waals surface area (Å²) < 4.78 is 0. The third kappa shape index (κ3) is 7.01. The second-order valence-electron chi connectivity index (χ2n) is 10.4. The Morgan fingerprint density at radius 3 is 2.58 bits per heavy atom. The van der Waals surface area contributed by atoms with Crippen LogP contribution in [0.4, 0.5) is 0 Å². The number of benzene rings is 1. The molecule has 7 N–H and O–H groups in total. The lowest BCUT2D eigenvalue weighted by atomic mass is 9.86. The molecule has 0 radical (unpaired) electrons. The molecule has 2 aliphatic rings. The van der Waals surface area contributed by atoms with E-state index >= 15 is 0 Å². The molecule has 0 spiro atoms. The minimum Gasteiger partial charge on any atom is -0.373 e. The number of fused-ring (bicyclic) bond motifs is 2. The molecule has 0 fully saturated rings. The molecule has 10 heteroatoms. The summed E-state index contributed by atoms with van der Waals surface area (Å²) in [6, 6.07) is 7.89. The predicted molar refractivity (Wildman–Crippen MR) is 156 cm³/mol. The third-order valence-corrected chi connectivity index (χ3v) is 7.43. The average Bonchev–Trinajstić information content (AvgIpc) is 3.27. The standard InChI is InChI=1S/C30H39N7O3/c1-36-19-22(23-7-3-5-9-27(23)36)16-26(28(38)15-20-14-21-6-2-4-8-25(21)34-18-20)35-30(40)24(33)17-29(39)37(12-10-31)13-11-32/h2-9,14,18-19,23-24,26-27H,10-13,15-17,31-33H2,1H3,(H,35,40)/t23?,24-,26-,27?/m0/s1. The third-order valence-electron chi connectivity index (χ3n) is 7.43. The van der Waals surface area contributed by atoms with Gasteiger partial charge in [-0.1, -0.05) is 42.5 Å². The van der Waals surface area contributed by atoms with Crippen LogP contribution in [0.5, 0.6) is 0 Å². The topological polar surface area (TPSA) is 161 Å². The molecule has 40 heavy (non-hydrogen) atoms. The van der Waals surface area contributed by atoms with Crippen LogP contribution in [0.15, 0.2) is 72.6 Å². The van der Waals surface area contributed by atoms with E-state index in [1.165, 1.54) is 4.90 Å². The Labute approximate surface area is 234 Å². The number of nitrogens with zero attached hydrogens (tertiary/aromatic N) is 3. The number of carbonyl (C=O) groups is 3. The SMILES string of the molecule is CN1C=C(C[C@H](NC(=O)[C@@H](N)CC(=O)N(CCN)CCN)C(=O)Cc2cnc3ccccc3c2)C2C=CC=CC21. The van der Waals surface area contributed by atoms with Gasteiger partial charge in [0.2, 0.25) is 11.8 Å². The van der Waals surface area contributed by atoms with E-state index in [1.807, 2.05) is 55.7 Å². The zero-order valence-corrected chi connectivity index (χ0v) is 22.9.